The van der Waals surface area contributed by atoms with E-state index in [-0.39, 0.29) is 0 Å². The minimum Gasteiger partial charge on any atom is -0.385 e. The molecule has 0 aromatic carbocycles. The number of hydrogen-bond donors (Lipinski definition) is 2. The summed E-state index contributed by atoms with van der Waals surface area (Å²) in [5.41, 5.74) is 5.09. The molecule has 0 saturated heterocycles. The smallest absolute Gasteiger partial charge is 0.229 e. The van der Waals surface area contributed by atoms with E-state index in [0.29, 0.717) is 19.4 Å². The van der Waals surface area contributed by atoms with Gasteiger partial charge in [0.1, 0.15) is 6.10 Å². The molecule has 8 heavy (non-hydrogen) atoms. The van der Waals surface area contributed by atoms with E-state index >= 15 is 0 Å². The summed E-state index contributed by atoms with van der Waals surface area (Å²) in [5, 5.41) is 8.51. The van der Waals surface area contributed by atoms with Crippen molar-refractivity contribution in [3.05, 3.63) is 0 Å². The third-order valence-electron chi connectivity index (χ3n) is 0.818. The summed E-state index contributed by atoms with van der Waals surface area (Å²) < 4.78 is 0. The number of rotatable bonds is 4. The molecule has 0 amide bonds. The van der Waals surface area contributed by atoms with Crippen LogP contribution in [0.15, 0.2) is 0 Å². The largest absolute Gasteiger partial charge is 0.385 e. The van der Waals surface area contributed by atoms with Gasteiger partial charge in [-0.1, -0.05) is 0 Å². The van der Waals surface area contributed by atoms with E-state index in [1.807, 2.05) is 0 Å². The lowest BCUT2D eigenvalue weighted by Crippen LogP contribution is -2.10. The predicted molar refractivity (Wildman–Crippen MR) is 30.0 cm³/mol. The highest BCUT2D eigenvalue weighted by molar-refractivity contribution is 5.56. The first-order valence-corrected chi connectivity index (χ1v) is 2.57. The third kappa shape index (κ3) is 3.77. The Morgan fingerprint density at radius 2 is 2.38 bits per heavy atom. The fourth-order valence-electron chi connectivity index (χ4n) is 0.370. The van der Waals surface area contributed by atoms with E-state index in [4.69, 9.17) is 10.8 Å². The van der Waals surface area contributed by atoms with E-state index in [1.165, 1.54) is 6.29 Å². The second kappa shape index (κ2) is 4.74. The van der Waals surface area contributed by atoms with E-state index in [2.05, 4.69) is 0 Å². The zero-order valence-electron chi connectivity index (χ0n) is 4.63. The molecule has 0 saturated carbocycles. The van der Waals surface area contributed by atoms with Crippen molar-refractivity contribution in [1.82, 2.24) is 0 Å². The molecule has 0 heterocycles. The van der Waals surface area contributed by atoms with Crippen LogP contribution in [0, 0.1) is 0 Å². The zero-order valence-corrected chi connectivity index (χ0v) is 4.63. The van der Waals surface area contributed by atoms with Gasteiger partial charge in [-0.05, 0) is 19.4 Å². The first-order chi connectivity index (χ1) is 3.81. The fourth-order valence-corrected chi connectivity index (χ4v) is 0.370. The van der Waals surface area contributed by atoms with E-state index < -0.39 is 6.10 Å². The van der Waals surface area contributed by atoms with Crippen molar-refractivity contribution in [2.24, 2.45) is 5.73 Å². The number of aliphatic hydroxyl groups excluding tert-OH is 1. The molecule has 0 aliphatic rings. The highest BCUT2D eigenvalue weighted by Crippen LogP contribution is 1.89. The van der Waals surface area contributed by atoms with Gasteiger partial charge in [0.2, 0.25) is 6.29 Å². The maximum atomic E-state index is 9.59. The van der Waals surface area contributed by atoms with Crippen molar-refractivity contribution in [3.63, 3.8) is 0 Å². The molecule has 1 radical (unpaired) electrons. The van der Waals surface area contributed by atoms with Gasteiger partial charge in [-0.15, -0.1) is 0 Å². The van der Waals surface area contributed by atoms with Gasteiger partial charge in [-0.2, -0.15) is 0 Å². The van der Waals surface area contributed by atoms with Crippen LogP contribution in [0.2, 0.25) is 0 Å². The molecule has 0 aliphatic carbocycles. The third-order valence-corrected chi connectivity index (χ3v) is 0.818. The number of aliphatic hydroxyl groups is 1. The monoisotopic (exact) mass is 116 g/mol. The van der Waals surface area contributed by atoms with Gasteiger partial charge in [-0.25, -0.2) is 0 Å². The molecule has 1 atom stereocenters. The molecule has 0 spiro atoms. The van der Waals surface area contributed by atoms with Gasteiger partial charge in [0.05, 0.1) is 0 Å². The van der Waals surface area contributed by atoms with Crippen molar-refractivity contribution in [1.29, 1.82) is 0 Å². The minimum absolute atomic E-state index is 0.431. The lowest BCUT2D eigenvalue weighted by atomic mass is 10.2. The van der Waals surface area contributed by atoms with Crippen LogP contribution in [0.4, 0.5) is 0 Å². The Bertz CT molecular complexity index is 65.4. The fraction of sp³-hybridized carbons (Fsp3) is 0.800. The molecule has 3 heteroatoms. The Hall–Kier alpha value is -0.410. The summed E-state index contributed by atoms with van der Waals surface area (Å²) in [6.07, 6.45) is 1.63. The lowest BCUT2D eigenvalue weighted by Gasteiger charge is -1.96. The minimum atomic E-state index is -0.932. The Morgan fingerprint density at radius 1 is 1.75 bits per heavy atom. The van der Waals surface area contributed by atoms with Crippen molar-refractivity contribution in [2.75, 3.05) is 6.54 Å². The highest BCUT2D eigenvalue weighted by atomic mass is 16.3. The topological polar surface area (TPSA) is 63.3 Å². The number of nitrogens with two attached hydrogens (primary N) is 1. The van der Waals surface area contributed by atoms with Crippen LogP contribution in [0.5, 0.6) is 0 Å². The van der Waals surface area contributed by atoms with E-state index in [1.54, 1.807) is 0 Å². The molecule has 0 rings (SSSR count). The van der Waals surface area contributed by atoms with E-state index in [9.17, 15) is 4.79 Å². The van der Waals surface area contributed by atoms with Crippen molar-refractivity contribution in [3.8, 4) is 0 Å². The molecule has 0 aliphatic heterocycles. The normalized spacial score (nSPS) is 13.2. The molecule has 1 unspecified atom stereocenters. The van der Waals surface area contributed by atoms with Crippen LogP contribution in [0.1, 0.15) is 12.8 Å². The van der Waals surface area contributed by atoms with Crippen LogP contribution in [-0.4, -0.2) is 24.0 Å². The van der Waals surface area contributed by atoms with Crippen LogP contribution in [0.3, 0.4) is 0 Å². The molecule has 0 bridgehead atoms. The van der Waals surface area contributed by atoms with Crippen LogP contribution < -0.4 is 5.73 Å². The van der Waals surface area contributed by atoms with Crippen LogP contribution in [0.25, 0.3) is 0 Å². The van der Waals surface area contributed by atoms with Gasteiger partial charge in [0, 0.05) is 0 Å². The van der Waals surface area contributed by atoms with Gasteiger partial charge in [0.15, 0.2) is 0 Å². The lowest BCUT2D eigenvalue weighted by molar-refractivity contribution is 0.222. The first kappa shape index (κ1) is 7.59. The van der Waals surface area contributed by atoms with Crippen molar-refractivity contribution < 1.29 is 9.90 Å². The SMILES string of the molecule is NCCCC(O)[C]=O. The maximum absolute atomic E-state index is 9.59. The average Bonchev–Trinajstić information content (AvgIpc) is 1.83. The van der Waals surface area contributed by atoms with Crippen LogP contribution in [-0.2, 0) is 4.79 Å². The summed E-state index contributed by atoms with van der Waals surface area (Å²) in [4.78, 5) is 9.59. The second-order valence-corrected chi connectivity index (χ2v) is 1.56. The summed E-state index contributed by atoms with van der Waals surface area (Å²) in [6.45, 7) is 0.513. The van der Waals surface area contributed by atoms with E-state index in [0.717, 1.165) is 0 Å². The average molecular weight is 116 g/mol. The van der Waals surface area contributed by atoms with Crippen LogP contribution >= 0.6 is 0 Å². The van der Waals surface area contributed by atoms with Gasteiger partial charge in [-0.3, -0.25) is 4.79 Å². The first-order valence-electron chi connectivity index (χ1n) is 2.57. The Morgan fingerprint density at radius 3 is 2.75 bits per heavy atom. The summed E-state index contributed by atoms with van der Waals surface area (Å²) in [6, 6.07) is 0. The molecule has 0 fully saturated rings. The predicted octanol–water partition coefficient (Wildman–Crippen LogP) is -0.804. The van der Waals surface area contributed by atoms with Gasteiger partial charge in [0.25, 0.3) is 0 Å². The summed E-state index contributed by atoms with van der Waals surface area (Å²) in [7, 11) is 0. The van der Waals surface area contributed by atoms with Crippen molar-refractivity contribution in [2.45, 2.75) is 18.9 Å². The highest BCUT2D eigenvalue weighted by Gasteiger charge is 1.98. The maximum Gasteiger partial charge on any atom is 0.229 e. The van der Waals surface area contributed by atoms with Crippen molar-refractivity contribution >= 4 is 6.29 Å². The quantitative estimate of drug-likeness (QED) is 0.505. The molecule has 3 N–H and O–H groups in total. The summed E-state index contributed by atoms with van der Waals surface area (Å²) in [5.74, 6) is 0. The summed E-state index contributed by atoms with van der Waals surface area (Å²) >= 11 is 0. The second-order valence-electron chi connectivity index (χ2n) is 1.56. The Balaban J connectivity index is 2.98. The number of hydrogen-bond acceptors (Lipinski definition) is 3. The molecular formula is C5H10NO2. The molecule has 0 aromatic heterocycles. The molecule has 47 valence electrons. The van der Waals surface area contributed by atoms with Gasteiger partial charge >= 0.3 is 0 Å². The number of carbonyl (C=O) groups excluding carboxylic acids is 1. The molecular weight excluding hydrogens is 106 g/mol. The Labute approximate surface area is 48.5 Å². The molecule has 3 nitrogen and oxygen atoms in total. The standard InChI is InChI=1S/C5H10NO2/c6-3-1-2-5(8)4-7/h5,8H,1-3,6H2. The Kier molecular flexibility index (Phi) is 4.50. The molecule has 0 aromatic rings. The van der Waals surface area contributed by atoms with Gasteiger partial charge < -0.3 is 10.8 Å². The zero-order chi connectivity index (χ0) is 6.41.